The van der Waals surface area contributed by atoms with Crippen molar-refractivity contribution in [2.75, 3.05) is 28.3 Å². The van der Waals surface area contributed by atoms with Crippen molar-refractivity contribution >= 4 is 23.5 Å². The number of benzene rings is 3. The number of nitrogens with zero attached hydrogens (tertiary/aromatic N) is 1. The fourth-order valence-corrected chi connectivity index (χ4v) is 3.40. The average molecular weight is 476 g/mol. The van der Waals surface area contributed by atoms with E-state index in [2.05, 4.69) is 0 Å². The molecule has 0 bridgehead atoms. The third-order valence-corrected chi connectivity index (χ3v) is 5.27. The van der Waals surface area contributed by atoms with Gasteiger partial charge in [-0.2, -0.15) is 0 Å². The van der Waals surface area contributed by atoms with Crippen LogP contribution >= 0.6 is 0 Å². The van der Waals surface area contributed by atoms with E-state index in [0.29, 0.717) is 35.0 Å². The fourth-order valence-electron chi connectivity index (χ4n) is 3.40. The number of carboxylic acid groups (broad SMARTS) is 1. The van der Waals surface area contributed by atoms with Crippen LogP contribution in [0.3, 0.4) is 0 Å². The van der Waals surface area contributed by atoms with Crippen molar-refractivity contribution in [3.63, 3.8) is 0 Å². The van der Waals surface area contributed by atoms with Crippen LogP contribution in [0.25, 0.3) is 11.6 Å². The van der Waals surface area contributed by atoms with Crippen molar-refractivity contribution < 1.29 is 28.9 Å². The van der Waals surface area contributed by atoms with Gasteiger partial charge in [-0.05, 0) is 65.6 Å². The first kappa shape index (κ1) is 25.4. The Kier molecular flexibility index (Phi) is 8.51. The zero-order valence-electron chi connectivity index (χ0n) is 20.3. The Hall–Kier alpha value is -4.26. The van der Waals surface area contributed by atoms with Gasteiger partial charge >= 0.3 is 5.97 Å². The minimum absolute atomic E-state index is 0.0890. The van der Waals surface area contributed by atoms with Crippen molar-refractivity contribution in [1.82, 2.24) is 4.90 Å². The number of carbonyl (C=O) groups excluding carboxylic acids is 1. The summed E-state index contributed by atoms with van der Waals surface area (Å²) in [4.78, 5) is 25.2. The molecule has 0 radical (unpaired) electrons. The molecule has 0 spiro atoms. The number of carboxylic acids is 1. The van der Waals surface area contributed by atoms with Gasteiger partial charge < -0.3 is 24.2 Å². The normalized spacial score (nSPS) is 11.0. The van der Waals surface area contributed by atoms with Crippen LogP contribution in [0.15, 0.2) is 66.7 Å². The second-order valence-corrected chi connectivity index (χ2v) is 8.07. The molecule has 7 heteroatoms. The van der Waals surface area contributed by atoms with Crippen LogP contribution < -0.4 is 14.2 Å². The Balaban J connectivity index is 1.84. The number of rotatable bonds is 10. The molecule has 182 valence electrons. The summed E-state index contributed by atoms with van der Waals surface area (Å²) in [6.07, 6.45) is 2.36. The van der Waals surface area contributed by atoms with Gasteiger partial charge in [0.2, 0.25) is 0 Å². The largest absolute Gasteiger partial charge is 0.497 e. The van der Waals surface area contributed by atoms with E-state index in [-0.39, 0.29) is 12.3 Å². The summed E-state index contributed by atoms with van der Waals surface area (Å²) in [5, 5.41) is 8.82. The van der Waals surface area contributed by atoms with E-state index in [9.17, 15) is 9.59 Å². The Bertz CT molecular complexity index is 1170. The van der Waals surface area contributed by atoms with Gasteiger partial charge in [-0.3, -0.25) is 9.59 Å². The number of likely N-dealkylation sites (N-methyl/N-ethyl adjacent to an activating group) is 1. The topological polar surface area (TPSA) is 85.3 Å². The van der Waals surface area contributed by atoms with Crippen LogP contribution in [-0.4, -0.2) is 50.2 Å². The van der Waals surface area contributed by atoms with E-state index in [1.807, 2.05) is 48.5 Å². The third kappa shape index (κ3) is 7.11. The molecule has 0 atom stereocenters. The van der Waals surface area contributed by atoms with Crippen molar-refractivity contribution in [3.05, 3.63) is 83.4 Å². The van der Waals surface area contributed by atoms with Gasteiger partial charge in [0, 0.05) is 32.2 Å². The molecule has 3 rings (SSSR count). The van der Waals surface area contributed by atoms with E-state index in [0.717, 1.165) is 16.7 Å². The highest BCUT2D eigenvalue weighted by molar-refractivity contribution is 6.24. The van der Waals surface area contributed by atoms with Gasteiger partial charge in [0.05, 0.1) is 14.2 Å². The van der Waals surface area contributed by atoms with Crippen LogP contribution in [0.1, 0.15) is 23.1 Å². The minimum atomic E-state index is -0.822. The van der Waals surface area contributed by atoms with E-state index >= 15 is 0 Å². The predicted molar refractivity (Wildman–Crippen MR) is 135 cm³/mol. The molecule has 0 saturated heterocycles. The van der Waals surface area contributed by atoms with Crippen molar-refractivity contribution in [2.45, 2.75) is 12.8 Å². The second-order valence-electron chi connectivity index (χ2n) is 8.07. The van der Waals surface area contributed by atoms with Crippen LogP contribution in [0.4, 0.5) is 0 Å². The second kappa shape index (κ2) is 11.7. The number of amides is 1. The summed E-state index contributed by atoms with van der Waals surface area (Å²) in [6, 6.07) is 20.0. The number of carbonyl (C=O) groups is 2. The summed E-state index contributed by atoms with van der Waals surface area (Å²) >= 11 is 0. The first-order valence-corrected chi connectivity index (χ1v) is 11.0. The van der Waals surface area contributed by atoms with Crippen LogP contribution in [-0.2, 0) is 16.0 Å². The Morgan fingerprint density at radius 2 is 1.37 bits per heavy atom. The number of aryl methyl sites for hydroxylation is 1. The average Bonchev–Trinajstić information content (AvgIpc) is 2.86. The van der Waals surface area contributed by atoms with Crippen molar-refractivity contribution in [3.8, 4) is 23.0 Å². The van der Waals surface area contributed by atoms with E-state index in [4.69, 9.17) is 19.3 Å². The zero-order valence-corrected chi connectivity index (χ0v) is 20.3. The molecule has 1 N–H and O–H groups in total. The lowest BCUT2D eigenvalue weighted by atomic mass is 10.0. The molecule has 0 unspecified atom stereocenters. The Morgan fingerprint density at radius 3 is 1.86 bits per heavy atom. The zero-order chi connectivity index (χ0) is 25.4. The molecular weight excluding hydrogens is 446 g/mol. The van der Waals surface area contributed by atoms with Crippen LogP contribution in [0.2, 0.25) is 0 Å². The fraction of sp³-hybridized carbons (Fsp3) is 0.214. The van der Waals surface area contributed by atoms with E-state index in [1.54, 1.807) is 52.6 Å². The summed E-state index contributed by atoms with van der Waals surface area (Å²) < 4.78 is 16.6. The van der Waals surface area contributed by atoms with Gasteiger partial charge in [0.25, 0.3) is 5.91 Å². The molecule has 0 aliphatic rings. The third-order valence-electron chi connectivity index (χ3n) is 5.27. The van der Waals surface area contributed by atoms with E-state index in [1.165, 1.54) is 4.90 Å². The summed E-state index contributed by atoms with van der Waals surface area (Å²) in [5.74, 6) is 1.55. The SMILES string of the molecule is COc1cc(/C=C(\C(=O)N(C)C)c2ccc(Oc3ccc(CCC(=O)O)cc3)cc2)cc(OC)c1. The highest BCUT2D eigenvalue weighted by Gasteiger charge is 2.15. The smallest absolute Gasteiger partial charge is 0.303 e. The lowest BCUT2D eigenvalue weighted by molar-refractivity contribution is -0.137. The van der Waals surface area contributed by atoms with Gasteiger partial charge in [0.15, 0.2) is 0 Å². The summed E-state index contributed by atoms with van der Waals surface area (Å²) in [5.41, 5.74) is 2.96. The van der Waals surface area contributed by atoms with Crippen LogP contribution in [0.5, 0.6) is 23.0 Å². The molecule has 0 saturated carbocycles. The van der Waals surface area contributed by atoms with Crippen LogP contribution in [0, 0.1) is 0 Å². The Labute approximate surface area is 205 Å². The molecule has 0 aliphatic carbocycles. The number of aliphatic carboxylic acids is 1. The van der Waals surface area contributed by atoms with Crippen molar-refractivity contribution in [2.24, 2.45) is 0 Å². The molecule has 0 aromatic heterocycles. The maximum Gasteiger partial charge on any atom is 0.303 e. The highest BCUT2D eigenvalue weighted by atomic mass is 16.5. The number of ether oxygens (including phenoxy) is 3. The molecule has 1 amide bonds. The first-order chi connectivity index (χ1) is 16.8. The maximum atomic E-state index is 13.0. The highest BCUT2D eigenvalue weighted by Crippen LogP contribution is 2.29. The quantitative estimate of drug-likeness (QED) is 0.323. The molecule has 35 heavy (non-hydrogen) atoms. The predicted octanol–water partition coefficient (Wildman–Crippen LogP) is 5.14. The standard InChI is InChI=1S/C28H29NO6/c1-29(2)28(32)26(17-20-15-24(33-3)18-25(16-20)34-4)21-8-12-23(13-9-21)35-22-10-5-19(6-11-22)7-14-27(30)31/h5-6,8-13,15-18H,7,14H2,1-4H3,(H,30,31)/b26-17-. The monoisotopic (exact) mass is 475 g/mol. The summed E-state index contributed by atoms with van der Waals surface area (Å²) in [7, 11) is 6.58. The minimum Gasteiger partial charge on any atom is -0.497 e. The van der Waals surface area contributed by atoms with Gasteiger partial charge in [-0.1, -0.05) is 24.3 Å². The maximum absolute atomic E-state index is 13.0. The van der Waals surface area contributed by atoms with Gasteiger partial charge in [-0.15, -0.1) is 0 Å². The lowest BCUT2D eigenvalue weighted by Gasteiger charge is -2.15. The number of hydrogen-bond donors (Lipinski definition) is 1. The van der Waals surface area contributed by atoms with Gasteiger partial charge in [0.1, 0.15) is 23.0 Å². The molecule has 0 heterocycles. The molecular formula is C28H29NO6. The Morgan fingerprint density at radius 1 is 0.829 bits per heavy atom. The summed E-state index contributed by atoms with van der Waals surface area (Å²) in [6.45, 7) is 0. The molecule has 0 aliphatic heterocycles. The molecule has 3 aromatic carbocycles. The molecule has 7 nitrogen and oxygen atoms in total. The van der Waals surface area contributed by atoms with E-state index < -0.39 is 5.97 Å². The molecule has 3 aromatic rings. The lowest BCUT2D eigenvalue weighted by Crippen LogP contribution is -2.22. The first-order valence-electron chi connectivity index (χ1n) is 11.0. The molecule has 0 fully saturated rings. The van der Waals surface area contributed by atoms with Crippen molar-refractivity contribution in [1.29, 1.82) is 0 Å². The number of methoxy groups -OCH3 is 2. The number of hydrogen-bond acceptors (Lipinski definition) is 5. The van der Waals surface area contributed by atoms with Gasteiger partial charge in [-0.25, -0.2) is 0 Å².